The van der Waals surface area contributed by atoms with Crippen LogP contribution in [0.15, 0.2) is 72.8 Å². The molecule has 0 fully saturated rings. The number of benzene rings is 3. The van der Waals surface area contributed by atoms with Crippen LogP contribution < -0.4 is 9.62 Å². The van der Waals surface area contributed by atoms with E-state index >= 15 is 0 Å². The lowest BCUT2D eigenvalue weighted by Crippen LogP contribution is -2.54. The molecule has 0 saturated heterocycles. The number of anilines is 1. The molecule has 1 N–H and O–H groups in total. The molecular weight excluding hydrogens is 568 g/mol. The number of carbonyl (C=O) groups is 2. The van der Waals surface area contributed by atoms with E-state index in [1.54, 1.807) is 45.0 Å². The lowest BCUT2D eigenvalue weighted by atomic mass is 10.0. The van der Waals surface area contributed by atoms with Crippen molar-refractivity contribution in [1.29, 1.82) is 0 Å². The summed E-state index contributed by atoms with van der Waals surface area (Å²) in [5, 5.41) is 14.7. The zero-order valence-corrected chi connectivity index (χ0v) is 24.9. The van der Waals surface area contributed by atoms with E-state index in [-0.39, 0.29) is 30.4 Å². The molecule has 0 aliphatic rings. The molecule has 3 aromatic rings. The Morgan fingerprint density at radius 2 is 1.66 bits per heavy atom. The van der Waals surface area contributed by atoms with Crippen LogP contribution in [0.1, 0.15) is 30.5 Å². The van der Waals surface area contributed by atoms with E-state index in [0.29, 0.717) is 16.1 Å². The predicted octanol–water partition coefficient (Wildman–Crippen LogP) is 4.49. The van der Waals surface area contributed by atoms with Crippen molar-refractivity contribution in [2.24, 2.45) is 0 Å². The molecule has 12 heteroatoms. The number of halogens is 1. The van der Waals surface area contributed by atoms with Gasteiger partial charge in [0, 0.05) is 36.2 Å². The van der Waals surface area contributed by atoms with Crippen molar-refractivity contribution in [3.8, 4) is 0 Å². The first-order valence-corrected chi connectivity index (χ1v) is 15.1. The summed E-state index contributed by atoms with van der Waals surface area (Å²) in [6, 6.07) is 18.6. The Bertz CT molecular complexity index is 1510. The van der Waals surface area contributed by atoms with Crippen LogP contribution in [0.5, 0.6) is 0 Å². The summed E-state index contributed by atoms with van der Waals surface area (Å²) in [5.74, 6) is -1.09. The van der Waals surface area contributed by atoms with Crippen LogP contribution in [0.3, 0.4) is 0 Å². The molecule has 3 rings (SSSR count). The Hall–Kier alpha value is -3.96. The Morgan fingerprint density at radius 3 is 2.24 bits per heavy atom. The fourth-order valence-electron chi connectivity index (χ4n) is 4.32. The summed E-state index contributed by atoms with van der Waals surface area (Å²) in [5.41, 5.74) is 1.46. The zero-order chi connectivity index (χ0) is 30.3. The Balaban J connectivity index is 2.12. The summed E-state index contributed by atoms with van der Waals surface area (Å²) < 4.78 is 26.8. The second-order valence-electron chi connectivity index (χ2n) is 9.98. The third-order valence-electron chi connectivity index (χ3n) is 6.35. The largest absolute Gasteiger partial charge is 0.352 e. The fourth-order valence-corrected chi connectivity index (χ4v) is 5.41. The molecule has 0 aliphatic carbocycles. The van der Waals surface area contributed by atoms with Gasteiger partial charge in [-0.1, -0.05) is 66.2 Å². The molecule has 3 aromatic carbocycles. The van der Waals surface area contributed by atoms with Crippen LogP contribution in [-0.4, -0.2) is 54.9 Å². The van der Waals surface area contributed by atoms with E-state index < -0.39 is 39.3 Å². The number of nitrogens with zero attached hydrogens (tertiary/aromatic N) is 3. The van der Waals surface area contributed by atoms with Gasteiger partial charge in [0.05, 0.1) is 16.9 Å². The lowest BCUT2D eigenvalue weighted by molar-refractivity contribution is -0.384. The number of sulfonamides is 1. The average Bonchev–Trinajstić information content (AvgIpc) is 2.90. The summed E-state index contributed by atoms with van der Waals surface area (Å²) in [6.07, 6.45) is 1.08. The van der Waals surface area contributed by atoms with Gasteiger partial charge in [-0.2, -0.15) is 0 Å². The van der Waals surface area contributed by atoms with Crippen molar-refractivity contribution in [2.75, 3.05) is 17.1 Å². The Kier molecular flexibility index (Phi) is 10.5. The molecule has 2 amide bonds. The molecule has 218 valence electrons. The van der Waals surface area contributed by atoms with Gasteiger partial charge in [0.25, 0.3) is 5.69 Å². The van der Waals surface area contributed by atoms with E-state index in [0.717, 1.165) is 22.2 Å². The van der Waals surface area contributed by atoms with Crippen LogP contribution in [0.2, 0.25) is 5.02 Å². The Labute approximate surface area is 245 Å². The maximum absolute atomic E-state index is 14.1. The average molecular weight is 601 g/mol. The number of nitrogens with one attached hydrogen (secondary N) is 1. The van der Waals surface area contributed by atoms with Gasteiger partial charge in [0.15, 0.2) is 0 Å². The van der Waals surface area contributed by atoms with Gasteiger partial charge >= 0.3 is 0 Å². The number of hydrogen-bond acceptors (Lipinski definition) is 6. The number of nitro groups is 1. The minimum absolute atomic E-state index is 0.000940. The molecule has 0 spiro atoms. The third kappa shape index (κ3) is 8.51. The van der Waals surface area contributed by atoms with Gasteiger partial charge in [-0.25, -0.2) is 8.42 Å². The summed E-state index contributed by atoms with van der Waals surface area (Å²) in [6.45, 7) is 4.43. The van der Waals surface area contributed by atoms with Crippen LogP contribution in [-0.2, 0) is 32.6 Å². The summed E-state index contributed by atoms with van der Waals surface area (Å²) in [4.78, 5) is 39.8. The highest BCUT2D eigenvalue weighted by Gasteiger charge is 2.34. The van der Waals surface area contributed by atoms with E-state index in [1.807, 2.05) is 30.3 Å². The van der Waals surface area contributed by atoms with Gasteiger partial charge in [0.1, 0.15) is 12.6 Å². The number of rotatable bonds is 12. The number of carbonyl (C=O) groups excluding carboxylic acids is 2. The number of amides is 2. The Morgan fingerprint density at radius 1 is 1.02 bits per heavy atom. The van der Waals surface area contributed by atoms with Crippen molar-refractivity contribution in [2.45, 2.75) is 45.8 Å². The monoisotopic (exact) mass is 600 g/mol. The van der Waals surface area contributed by atoms with Gasteiger partial charge < -0.3 is 10.2 Å². The van der Waals surface area contributed by atoms with E-state index in [9.17, 15) is 28.1 Å². The van der Waals surface area contributed by atoms with Crippen molar-refractivity contribution < 1.29 is 22.9 Å². The van der Waals surface area contributed by atoms with Crippen LogP contribution in [0.25, 0.3) is 0 Å². The zero-order valence-electron chi connectivity index (χ0n) is 23.3. The number of nitro benzene ring substituents is 1. The second kappa shape index (κ2) is 13.6. The third-order valence-corrected chi connectivity index (χ3v) is 7.85. The van der Waals surface area contributed by atoms with Crippen molar-refractivity contribution in [3.63, 3.8) is 0 Å². The van der Waals surface area contributed by atoms with Gasteiger partial charge in [-0.05, 0) is 43.5 Å². The molecule has 0 aliphatic heterocycles. The molecule has 0 aromatic heterocycles. The summed E-state index contributed by atoms with van der Waals surface area (Å²) >= 11 is 6.44. The smallest absolute Gasteiger partial charge is 0.271 e. The lowest BCUT2D eigenvalue weighted by Gasteiger charge is -2.34. The minimum atomic E-state index is -4.08. The van der Waals surface area contributed by atoms with Gasteiger partial charge in [-0.15, -0.1) is 0 Å². The highest BCUT2D eigenvalue weighted by atomic mass is 35.5. The second-order valence-corrected chi connectivity index (χ2v) is 12.3. The van der Waals surface area contributed by atoms with Gasteiger partial charge in [0.2, 0.25) is 21.8 Å². The van der Waals surface area contributed by atoms with Crippen molar-refractivity contribution in [3.05, 3.63) is 105 Å². The van der Waals surface area contributed by atoms with E-state index in [1.165, 1.54) is 17.0 Å². The van der Waals surface area contributed by atoms with Crippen LogP contribution in [0, 0.1) is 17.0 Å². The van der Waals surface area contributed by atoms with Crippen molar-refractivity contribution in [1.82, 2.24) is 10.2 Å². The molecule has 0 radical (unpaired) electrons. The first-order valence-electron chi connectivity index (χ1n) is 12.9. The van der Waals surface area contributed by atoms with E-state index in [2.05, 4.69) is 5.32 Å². The van der Waals surface area contributed by atoms with E-state index in [4.69, 9.17) is 11.6 Å². The molecule has 0 saturated carbocycles. The van der Waals surface area contributed by atoms with Crippen LogP contribution in [0.4, 0.5) is 11.4 Å². The minimum Gasteiger partial charge on any atom is -0.352 e. The fraction of sp³-hybridized carbons (Fsp3) is 0.310. The first-order chi connectivity index (χ1) is 19.3. The predicted molar refractivity (Wildman–Crippen MR) is 159 cm³/mol. The normalized spacial score (nSPS) is 12.0. The molecule has 10 nitrogen and oxygen atoms in total. The quantitative estimate of drug-likeness (QED) is 0.241. The van der Waals surface area contributed by atoms with Crippen molar-refractivity contribution >= 4 is 44.8 Å². The highest BCUT2D eigenvalue weighted by Crippen LogP contribution is 2.28. The molecule has 0 heterocycles. The molecular formula is C29H33ClN4O6S. The molecule has 0 bridgehead atoms. The maximum Gasteiger partial charge on any atom is 0.271 e. The molecule has 41 heavy (non-hydrogen) atoms. The number of hydrogen-bond donors (Lipinski definition) is 1. The van der Waals surface area contributed by atoms with Gasteiger partial charge in [-0.3, -0.25) is 24.0 Å². The summed E-state index contributed by atoms with van der Waals surface area (Å²) in [7, 11) is -4.08. The number of non-ortho nitro benzene ring substituents is 1. The SMILES string of the molecule is Cc1ccc([N+](=O)[O-])cc1N(CC(=O)N(Cc1ccccc1Cl)[C@H](Cc1ccccc1)C(=O)NC(C)C)S(C)(=O)=O. The first kappa shape index (κ1) is 31.6. The number of aryl methyl sites for hydroxylation is 1. The molecule has 1 atom stereocenters. The standard InChI is InChI=1S/C29H33ClN4O6S/c1-20(2)31-29(36)27(16-22-10-6-5-7-11-22)32(18-23-12-8-9-13-25(23)30)28(35)19-33(41(4,39)40)26-17-24(34(37)38)15-14-21(26)3/h5-15,17,20,27H,16,18-19H2,1-4H3,(H,31,36)/t27-/m1/s1. The topological polar surface area (TPSA) is 130 Å². The highest BCUT2D eigenvalue weighted by molar-refractivity contribution is 7.92. The maximum atomic E-state index is 14.1. The van der Waals surface area contributed by atoms with Crippen LogP contribution >= 0.6 is 11.6 Å². The molecule has 0 unspecified atom stereocenters.